The largest absolute Gasteiger partial charge is 0.339 e. The van der Waals surface area contributed by atoms with Gasteiger partial charge in [0.05, 0.1) is 0 Å². The highest BCUT2D eigenvalue weighted by atomic mass is 32.2. The van der Waals surface area contributed by atoms with Crippen molar-refractivity contribution in [1.82, 2.24) is 19.9 Å². The molecule has 1 fully saturated rings. The van der Waals surface area contributed by atoms with E-state index in [1.807, 2.05) is 40.9 Å². The summed E-state index contributed by atoms with van der Waals surface area (Å²) in [4.78, 5) is 20.9. The average molecular weight is 361 g/mol. The van der Waals surface area contributed by atoms with E-state index in [1.165, 1.54) is 0 Å². The molecular weight excluding hydrogens is 338 g/mol. The summed E-state index contributed by atoms with van der Waals surface area (Å²) >= 11 is 1.81. The van der Waals surface area contributed by atoms with Crippen molar-refractivity contribution in [1.29, 1.82) is 0 Å². The predicted molar refractivity (Wildman–Crippen MR) is 99.8 cm³/mol. The molecule has 25 heavy (non-hydrogen) atoms. The number of carbonyl (C=O) groups excluding carboxylic acids is 1. The van der Waals surface area contributed by atoms with Crippen molar-refractivity contribution in [3.63, 3.8) is 0 Å². The quantitative estimate of drug-likeness (QED) is 0.902. The van der Waals surface area contributed by atoms with E-state index in [2.05, 4.69) is 40.7 Å². The minimum atomic E-state index is -0.0788. The van der Waals surface area contributed by atoms with E-state index in [0.29, 0.717) is 23.0 Å². The molecular formula is C17H23N5O2S. The number of likely N-dealkylation sites (tertiary alicyclic amines) is 1. The maximum absolute atomic E-state index is 12.6. The second-order valence-corrected chi connectivity index (χ2v) is 7.43. The third-order valence-electron chi connectivity index (χ3n) is 4.39. The van der Waals surface area contributed by atoms with E-state index in [-0.39, 0.29) is 6.03 Å². The molecule has 8 heteroatoms. The first-order chi connectivity index (χ1) is 12.0. The number of thioether (sulfide) groups is 1. The summed E-state index contributed by atoms with van der Waals surface area (Å²) in [6.45, 7) is 3.23. The second kappa shape index (κ2) is 7.45. The van der Waals surface area contributed by atoms with Crippen LogP contribution in [0.5, 0.6) is 0 Å². The van der Waals surface area contributed by atoms with Crippen molar-refractivity contribution in [3.05, 3.63) is 30.2 Å². The van der Waals surface area contributed by atoms with E-state index in [9.17, 15) is 4.79 Å². The first kappa shape index (κ1) is 17.8. The molecule has 2 heterocycles. The fourth-order valence-corrected chi connectivity index (χ4v) is 3.98. The number of amides is 2. The second-order valence-electron chi connectivity index (χ2n) is 6.36. The molecule has 0 radical (unpaired) electrons. The van der Waals surface area contributed by atoms with Crippen molar-refractivity contribution in [2.75, 3.05) is 38.8 Å². The number of aromatic nitrogens is 2. The highest BCUT2D eigenvalue weighted by Gasteiger charge is 2.36. The smallest absolute Gasteiger partial charge is 0.321 e. The topological polar surface area (TPSA) is 74.5 Å². The van der Waals surface area contributed by atoms with Gasteiger partial charge < -0.3 is 19.6 Å². The van der Waals surface area contributed by atoms with Gasteiger partial charge in [-0.2, -0.15) is 16.7 Å². The van der Waals surface area contributed by atoms with Crippen LogP contribution in [-0.4, -0.2) is 70.7 Å². The molecule has 2 amide bonds. The Hall–Kier alpha value is -2.06. The molecule has 0 unspecified atom stereocenters. The zero-order valence-corrected chi connectivity index (χ0v) is 15.7. The lowest BCUT2D eigenvalue weighted by Crippen LogP contribution is -2.38. The van der Waals surface area contributed by atoms with E-state index >= 15 is 0 Å². The Balaban J connectivity index is 1.69. The lowest BCUT2D eigenvalue weighted by Gasteiger charge is -2.23. The fourth-order valence-electron chi connectivity index (χ4n) is 3.01. The minimum Gasteiger partial charge on any atom is -0.339 e. The molecule has 1 aliphatic rings. The molecule has 7 nitrogen and oxygen atoms in total. The van der Waals surface area contributed by atoms with Crippen LogP contribution in [0.1, 0.15) is 5.89 Å². The monoisotopic (exact) mass is 361 g/mol. The van der Waals surface area contributed by atoms with Crippen LogP contribution in [0.25, 0.3) is 11.4 Å². The van der Waals surface area contributed by atoms with Crippen LogP contribution >= 0.6 is 11.8 Å². The summed E-state index contributed by atoms with van der Waals surface area (Å²) in [6.07, 6.45) is 2.10. The Morgan fingerprint density at radius 1 is 1.40 bits per heavy atom. The standard InChI is InChI=1S/C17H23N5O2S/c1-11-18-16(20-24-11)12-6-5-7-13(8-12)19-17(23)22-9-14(21(2)3)15(10-22)25-4/h5-8,14-15H,9-10H2,1-4H3,(H,19,23)/t14-,15+/m1/s1. The van der Waals surface area contributed by atoms with Crippen molar-refractivity contribution in [3.8, 4) is 11.4 Å². The van der Waals surface area contributed by atoms with Gasteiger partial charge >= 0.3 is 6.03 Å². The molecule has 1 N–H and O–H groups in total. The van der Waals surface area contributed by atoms with Gasteiger partial charge in [-0.05, 0) is 32.5 Å². The Morgan fingerprint density at radius 2 is 2.20 bits per heavy atom. The van der Waals surface area contributed by atoms with E-state index in [0.717, 1.165) is 24.3 Å². The maximum Gasteiger partial charge on any atom is 0.321 e. The molecule has 0 aliphatic carbocycles. The van der Waals surface area contributed by atoms with Gasteiger partial charge in [0.2, 0.25) is 11.7 Å². The van der Waals surface area contributed by atoms with Crippen molar-refractivity contribution >= 4 is 23.5 Å². The molecule has 1 saturated heterocycles. The van der Waals surface area contributed by atoms with Gasteiger partial charge in [-0.15, -0.1) is 0 Å². The summed E-state index contributed by atoms with van der Waals surface area (Å²) in [5.74, 6) is 1.03. The van der Waals surface area contributed by atoms with Gasteiger partial charge in [-0.25, -0.2) is 4.79 Å². The van der Waals surface area contributed by atoms with E-state index in [4.69, 9.17) is 4.52 Å². The summed E-state index contributed by atoms with van der Waals surface area (Å²) < 4.78 is 5.02. The van der Waals surface area contributed by atoms with Crippen LogP contribution in [-0.2, 0) is 0 Å². The number of likely N-dealkylation sites (N-methyl/N-ethyl adjacent to an activating group) is 1. The van der Waals surface area contributed by atoms with Crippen molar-refractivity contribution < 1.29 is 9.32 Å². The number of hydrogen-bond donors (Lipinski definition) is 1. The molecule has 2 atom stereocenters. The summed E-state index contributed by atoms with van der Waals surface area (Å²) in [7, 11) is 4.12. The van der Waals surface area contributed by atoms with Crippen LogP contribution in [0.15, 0.2) is 28.8 Å². The molecule has 1 aromatic heterocycles. The normalized spacial score (nSPS) is 20.3. The van der Waals surface area contributed by atoms with Crippen LogP contribution in [0.2, 0.25) is 0 Å². The number of urea groups is 1. The van der Waals surface area contributed by atoms with Crippen LogP contribution < -0.4 is 5.32 Å². The molecule has 2 aromatic rings. The number of aryl methyl sites for hydroxylation is 1. The number of rotatable bonds is 4. The van der Waals surface area contributed by atoms with Gasteiger partial charge in [-0.3, -0.25) is 0 Å². The highest BCUT2D eigenvalue weighted by Crippen LogP contribution is 2.25. The van der Waals surface area contributed by atoms with Gasteiger partial charge in [0.25, 0.3) is 0 Å². The zero-order chi connectivity index (χ0) is 18.0. The van der Waals surface area contributed by atoms with Crippen LogP contribution in [0, 0.1) is 6.92 Å². The van der Waals surface area contributed by atoms with Gasteiger partial charge in [0.15, 0.2) is 0 Å². The number of anilines is 1. The number of nitrogens with zero attached hydrogens (tertiary/aromatic N) is 4. The van der Waals surface area contributed by atoms with Gasteiger partial charge in [0, 0.05) is 42.6 Å². The summed E-state index contributed by atoms with van der Waals surface area (Å²) in [5, 5.41) is 7.32. The first-order valence-electron chi connectivity index (χ1n) is 8.14. The highest BCUT2D eigenvalue weighted by molar-refractivity contribution is 7.99. The molecule has 134 valence electrons. The SMILES string of the molecule is CS[C@H]1CN(C(=O)Nc2cccc(-c3noc(C)n3)c2)C[C@H]1N(C)C. The Bertz CT molecular complexity index is 748. The lowest BCUT2D eigenvalue weighted by atomic mass is 10.2. The number of carbonyl (C=O) groups is 1. The lowest BCUT2D eigenvalue weighted by molar-refractivity contribution is 0.216. The Kier molecular flexibility index (Phi) is 5.29. The Morgan fingerprint density at radius 3 is 2.80 bits per heavy atom. The zero-order valence-electron chi connectivity index (χ0n) is 14.9. The summed E-state index contributed by atoms with van der Waals surface area (Å²) in [6, 6.07) is 7.77. The predicted octanol–water partition coefficient (Wildman–Crippen LogP) is 2.55. The molecule has 0 bridgehead atoms. The molecule has 3 rings (SSSR count). The minimum absolute atomic E-state index is 0.0788. The number of benzene rings is 1. The van der Waals surface area contributed by atoms with Crippen LogP contribution in [0.4, 0.5) is 10.5 Å². The molecule has 0 saturated carbocycles. The number of hydrogen-bond acceptors (Lipinski definition) is 6. The van der Waals surface area contributed by atoms with Crippen molar-refractivity contribution in [2.45, 2.75) is 18.2 Å². The number of nitrogens with one attached hydrogen (secondary N) is 1. The molecule has 0 spiro atoms. The molecule has 1 aliphatic heterocycles. The van der Waals surface area contributed by atoms with E-state index < -0.39 is 0 Å². The average Bonchev–Trinajstić information content (AvgIpc) is 3.21. The third kappa shape index (κ3) is 3.96. The third-order valence-corrected chi connectivity index (χ3v) is 5.46. The van der Waals surface area contributed by atoms with E-state index in [1.54, 1.807) is 6.92 Å². The van der Waals surface area contributed by atoms with Crippen molar-refractivity contribution in [2.24, 2.45) is 0 Å². The maximum atomic E-state index is 12.6. The van der Waals surface area contributed by atoms with Gasteiger partial charge in [0.1, 0.15) is 0 Å². The Labute approximate surface area is 151 Å². The summed E-state index contributed by atoms with van der Waals surface area (Å²) in [5.41, 5.74) is 1.53. The van der Waals surface area contributed by atoms with Crippen LogP contribution in [0.3, 0.4) is 0 Å². The molecule has 1 aromatic carbocycles. The fraction of sp³-hybridized carbons (Fsp3) is 0.471. The first-order valence-corrected chi connectivity index (χ1v) is 9.42. The van der Waals surface area contributed by atoms with Gasteiger partial charge in [-0.1, -0.05) is 17.3 Å².